The lowest BCUT2D eigenvalue weighted by atomic mass is 10.1. The lowest BCUT2D eigenvalue weighted by Crippen LogP contribution is -2.41. The van der Waals surface area contributed by atoms with Crippen molar-refractivity contribution < 1.29 is 23.5 Å². The zero-order valence-corrected chi connectivity index (χ0v) is 18.8. The van der Waals surface area contributed by atoms with Crippen LogP contribution in [0.25, 0.3) is 11.5 Å². The van der Waals surface area contributed by atoms with Crippen LogP contribution in [0.1, 0.15) is 27.9 Å². The van der Waals surface area contributed by atoms with E-state index in [0.717, 1.165) is 5.56 Å². The maximum Gasteiger partial charge on any atom is 0.322 e. The largest absolute Gasteiger partial charge is 0.497 e. The molecule has 2 aromatic carbocycles. The molecule has 0 fully saturated rings. The Kier molecular flexibility index (Phi) is 6.92. The fourth-order valence-corrected chi connectivity index (χ4v) is 3.44. The Hall–Kier alpha value is -4.85. The van der Waals surface area contributed by atoms with Crippen LogP contribution in [0, 0.1) is 11.8 Å². The minimum Gasteiger partial charge on any atom is -0.497 e. The summed E-state index contributed by atoms with van der Waals surface area (Å²) in [7, 11) is 1.53. The second-order valence-corrected chi connectivity index (χ2v) is 7.56. The van der Waals surface area contributed by atoms with E-state index in [9.17, 15) is 14.4 Å². The monoisotopic (exact) mass is 474 g/mol. The first-order valence-corrected chi connectivity index (χ1v) is 10.6. The molecule has 1 aliphatic rings. The summed E-state index contributed by atoms with van der Waals surface area (Å²) in [6.07, 6.45) is -0.00595. The van der Waals surface area contributed by atoms with Crippen molar-refractivity contribution in [1.82, 2.24) is 25.7 Å². The number of anilines is 1. The average molecular weight is 474 g/mol. The van der Waals surface area contributed by atoms with Crippen molar-refractivity contribution in [2.45, 2.75) is 13.0 Å². The molecule has 0 saturated carbocycles. The fourth-order valence-electron chi connectivity index (χ4n) is 3.44. The normalized spacial score (nSPS) is 11.9. The summed E-state index contributed by atoms with van der Waals surface area (Å²) < 4.78 is 10.3. The van der Waals surface area contributed by atoms with Gasteiger partial charge in [0.05, 0.1) is 13.7 Å². The number of hydrogen-bond acceptors (Lipinski definition) is 8. The minimum absolute atomic E-state index is 0.00595. The summed E-state index contributed by atoms with van der Waals surface area (Å²) in [6.45, 7) is 0.654. The van der Waals surface area contributed by atoms with Crippen LogP contribution in [0.15, 0.2) is 46.9 Å². The highest BCUT2D eigenvalue weighted by atomic mass is 16.5. The van der Waals surface area contributed by atoms with Gasteiger partial charge in [-0.15, -0.1) is 5.10 Å². The Morgan fingerprint density at radius 1 is 1.20 bits per heavy atom. The molecule has 4 amide bonds. The second-order valence-electron chi connectivity index (χ2n) is 7.56. The number of aromatic nitrogens is 2. The van der Waals surface area contributed by atoms with Gasteiger partial charge in [-0.1, -0.05) is 23.0 Å². The van der Waals surface area contributed by atoms with Gasteiger partial charge in [-0.25, -0.2) is 4.79 Å². The summed E-state index contributed by atoms with van der Waals surface area (Å²) in [5, 5.41) is 12.1. The first kappa shape index (κ1) is 23.3. The molecule has 1 aromatic heterocycles. The molecule has 4 rings (SSSR count). The van der Waals surface area contributed by atoms with Crippen LogP contribution in [0.5, 0.6) is 5.75 Å². The molecular weight excluding hydrogens is 452 g/mol. The van der Waals surface area contributed by atoms with E-state index in [-0.39, 0.29) is 31.4 Å². The number of methoxy groups -OCH3 is 1. The predicted octanol–water partition coefficient (Wildman–Crippen LogP) is 1.55. The minimum atomic E-state index is -0.658. The van der Waals surface area contributed by atoms with E-state index >= 15 is 0 Å². The van der Waals surface area contributed by atoms with E-state index in [1.807, 2.05) is 6.07 Å². The number of benzene rings is 2. The molecule has 3 aromatic rings. The Labute approximate surface area is 200 Å². The number of nitrogens with zero attached hydrogens (tertiary/aromatic N) is 3. The highest BCUT2D eigenvalue weighted by Gasteiger charge is 2.28. The first-order chi connectivity index (χ1) is 16.9. The molecule has 1 aliphatic heterocycles. The molecule has 0 radical (unpaired) electrons. The van der Waals surface area contributed by atoms with Crippen LogP contribution in [-0.4, -0.2) is 53.1 Å². The van der Waals surface area contributed by atoms with Gasteiger partial charge in [0.1, 0.15) is 5.75 Å². The van der Waals surface area contributed by atoms with E-state index in [0.29, 0.717) is 34.9 Å². The van der Waals surface area contributed by atoms with Crippen molar-refractivity contribution in [3.8, 4) is 29.0 Å². The van der Waals surface area contributed by atoms with Gasteiger partial charge in [-0.2, -0.15) is 0 Å². The number of ether oxygens (including phenoxy) is 1. The zero-order chi connectivity index (χ0) is 24.8. The Bertz CT molecular complexity index is 1320. The topological polar surface area (TPSA) is 153 Å². The summed E-state index contributed by atoms with van der Waals surface area (Å²) in [6, 6.07) is 11.7. The van der Waals surface area contributed by atoms with E-state index in [4.69, 9.17) is 14.9 Å². The van der Waals surface area contributed by atoms with E-state index in [1.165, 1.54) is 7.11 Å². The van der Waals surface area contributed by atoms with Gasteiger partial charge in [-0.05, 0) is 42.0 Å². The maximum atomic E-state index is 12.5. The molecule has 11 nitrogen and oxygen atoms in total. The molecule has 35 heavy (non-hydrogen) atoms. The van der Waals surface area contributed by atoms with Crippen molar-refractivity contribution in [1.29, 1.82) is 0 Å². The number of urea groups is 1. The van der Waals surface area contributed by atoms with Crippen molar-refractivity contribution in [2.75, 3.05) is 25.9 Å². The van der Waals surface area contributed by atoms with Crippen molar-refractivity contribution >= 4 is 23.9 Å². The molecular formula is C24H22N6O5. The Balaban J connectivity index is 1.18. The van der Waals surface area contributed by atoms with Gasteiger partial charge in [0.25, 0.3) is 5.91 Å². The lowest BCUT2D eigenvalue weighted by molar-refractivity contribution is -0.120. The smallest absolute Gasteiger partial charge is 0.322 e. The van der Waals surface area contributed by atoms with Gasteiger partial charge in [0, 0.05) is 36.2 Å². The Morgan fingerprint density at radius 3 is 2.71 bits per heavy atom. The number of amides is 4. The molecule has 4 N–H and O–H groups in total. The van der Waals surface area contributed by atoms with Gasteiger partial charge in [-0.3, -0.25) is 14.9 Å². The molecule has 0 saturated heterocycles. The highest BCUT2D eigenvalue weighted by molar-refractivity contribution is 5.99. The predicted molar refractivity (Wildman–Crippen MR) is 125 cm³/mol. The van der Waals surface area contributed by atoms with E-state index in [2.05, 4.69) is 32.7 Å². The number of rotatable bonds is 6. The van der Waals surface area contributed by atoms with Crippen molar-refractivity contribution in [3.63, 3.8) is 0 Å². The molecule has 0 unspecified atom stereocenters. The average Bonchev–Trinajstić information content (AvgIpc) is 3.43. The highest BCUT2D eigenvalue weighted by Crippen LogP contribution is 2.26. The number of carbonyl (C=O) groups is 3. The van der Waals surface area contributed by atoms with Gasteiger partial charge >= 0.3 is 12.0 Å². The molecule has 0 atom stereocenters. The second kappa shape index (κ2) is 10.4. The standard InChI is InChI=1S/C24H22N6O5/c1-34-18-9-8-17-14-30(22(32)19(17)13-18)12-10-20(31)27-24(33)26-11-2-3-15-4-6-16(7-5-15)21-28-29-23(25)35-21/h4-9,13H,10-12,14H2,1H3,(H2,25,29)(H2,26,27,31,33). The molecule has 11 heteroatoms. The Morgan fingerprint density at radius 2 is 2.00 bits per heavy atom. The van der Waals surface area contributed by atoms with Crippen LogP contribution in [-0.2, 0) is 11.3 Å². The third kappa shape index (κ3) is 5.75. The van der Waals surface area contributed by atoms with Gasteiger partial charge in [0.15, 0.2) is 0 Å². The van der Waals surface area contributed by atoms with Crippen LogP contribution in [0.2, 0.25) is 0 Å². The van der Waals surface area contributed by atoms with Crippen LogP contribution >= 0.6 is 0 Å². The number of imide groups is 1. The summed E-state index contributed by atoms with van der Waals surface area (Å²) in [4.78, 5) is 38.1. The summed E-state index contributed by atoms with van der Waals surface area (Å²) in [5.41, 5.74) is 8.28. The number of carbonyl (C=O) groups excluding carboxylic acids is 3. The van der Waals surface area contributed by atoms with E-state index in [1.54, 1.807) is 41.3 Å². The van der Waals surface area contributed by atoms with Gasteiger partial charge in [0.2, 0.25) is 11.8 Å². The lowest BCUT2D eigenvalue weighted by Gasteiger charge is -2.14. The molecule has 0 spiro atoms. The number of nitrogen functional groups attached to an aromatic ring is 1. The molecule has 0 aliphatic carbocycles. The molecule has 178 valence electrons. The third-order valence-corrected chi connectivity index (χ3v) is 5.20. The van der Waals surface area contributed by atoms with Crippen molar-refractivity contribution in [3.05, 3.63) is 59.2 Å². The third-order valence-electron chi connectivity index (χ3n) is 5.20. The summed E-state index contributed by atoms with van der Waals surface area (Å²) >= 11 is 0. The van der Waals surface area contributed by atoms with Crippen LogP contribution in [0.4, 0.5) is 10.8 Å². The van der Waals surface area contributed by atoms with Crippen LogP contribution in [0.3, 0.4) is 0 Å². The number of fused-ring (bicyclic) bond motifs is 1. The van der Waals surface area contributed by atoms with Crippen LogP contribution < -0.4 is 21.1 Å². The zero-order valence-electron chi connectivity index (χ0n) is 18.8. The van der Waals surface area contributed by atoms with Gasteiger partial charge < -0.3 is 25.1 Å². The van der Waals surface area contributed by atoms with E-state index < -0.39 is 11.9 Å². The summed E-state index contributed by atoms with van der Waals surface area (Å²) in [5.74, 6) is 5.95. The SMILES string of the molecule is COc1ccc2c(c1)C(=O)N(CCC(=O)NC(=O)NCC#Cc1ccc(-c3nnc(N)o3)cc1)C2. The number of nitrogens with two attached hydrogens (primary N) is 1. The van der Waals surface area contributed by atoms with Crippen molar-refractivity contribution in [2.24, 2.45) is 0 Å². The number of hydrogen-bond donors (Lipinski definition) is 3. The first-order valence-electron chi connectivity index (χ1n) is 10.6. The molecule has 2 heterocycles. The number of nitrogens with one attached hydrogen (secondary N) is 2. The maximum absolute atomic E-state index is 12.5. The fraction of sp³-hybridized carbons (Fsp3) is 0.208. The molecule has 0 bridgehead atoms. The quantitative estimate of drug-likeness (QED) is 0.455.